The van der Waals surface area contributed by atoms with Crippen LogP contribution in [0.15, 0.2) is 21.5 Å². The second kappa shape index (κ2) is 7.64. The van der Waals surface area contributed by atoms with E-state index in [1.165, 1.54) is 19.2 Å². The molecule has 120 valence electrons. The molecule has 0 saturated heterocycles. The lowest BCUT2D eigenvalue weighted by molar-refractivity contribution is 0.274. The van der Waals surface area contributed by atoms with Gasteiger partial charge in [0, 0.05) is 23.6 Å². The summed E-state index contributed by atoms with van der Waals surface area (Å²) in [4.78, 5) is 1.53. The van der Waals surface area contributed by atoms with Gasteiger partial charge < -0.3 is 10.0 Å². The first-order chi connectivity index (χ1) is 9.70. The van der Waals surface area contributed by atoms with Crippen molar-refractivity contribution in [1.29, 1.82) is 0 Å². The van der Waals surface area contributed by atoms with E-state index in [1.54, 1.807) is 0 Å². The molecule has 5 nitrogen and oxygen atoms in total. The first-order valence-corrected chi connectivity index (χ1v) is 8.63. The molecule has 1 aromatic rings. The van der Waals surface area contributed by atoms with Crippen molar-refractivity contribution in [3.8, 4) is 0 Å². The zero-order chi connectivity index (χ0) is 16.2. The van der Waals surface area contributed by atoms with Crippen LogP contribution in [0, 0.1) is 5.82 Å². The Morgan fingerprint density at radius 1 is 1.24 bits per heavy atom. The molecule has 0 fully saturated rings. The molecule has 0 saturated carbocycles. The molecular weight excluding hydrogens is 363 g/mol. The van der Waals surface area contributed by atoms with Crippen molar-refractivity contribution in [2.24, 2.45) is 0 Å². The van der Waals surface area contributed by atoms with Crippen molar-refractivity contribution in [3.05, 3.63) is 28.0 Å². The Kier molecular flexibility index (Phi) is 6.73. The molecule has 21 heavy (non-hydrogen) atoms. The Morgan fingerprint density at radius 3 is 2.38 bits per heavy atom. The van der Waals surface area contributed by atoms with Crippen LogP contribution in [0.1, 0.15) is 12.0 Å². The average molecular weight is 383 g/mol. The molecule has 1 N–H and O–H groups in total. The zero-order valence-electron chi connectivity index (χ0n) is 12.3. The molecule has 0 aliphatic heterocycles. The number of nitrogens with zero attached hydrogens (tertiary/aromatic N) is 2. The quantitative estimate of drug-likeness (QED) is 0.778. The van der Waals surface area contributed by atoms with E-state index < -0.39 is 27.3 Å². The summed E-state index contributed by atoms with van der Waals surface area (Å²) in [5, 5.41) is 9.10. The Hall–Kier alpha value is -0.540. The highest BCUT2D eigenvalue weighted by Crippen LogP contribution is 2.26. The minimum absolute atomic E-state index is 0.0513. The van der Waals surface area contributed by atoms with Crippen LogP contribution < -0.4 is 0 Å². The number of benzene rings is 1. The molecule has 0 aliphatic carbocycles. The van der Waals surface area contributed by atoms with Gasteiger partial charge in [-0.1, -0.05) is 15.9 Å². The summed E-state index contributed by atoms with van der Waals surface area (Å²) in [5.41, 5.74) is -0.0513. The number of halogens is 2. The molecule has 0 aliphatic rings. The maximum absolute atomic E-state index is 14.2. The summed E-state index contributed by atoms with van der Waals surface area (Å²) in [6.45, 7) is 0.474. The Labute approximate surface area is 133 Å². The fourth-order valence-corrected chi connectivity index (χ4v) is 3.81. The van der Waals surface area contributed by atoms with Crippen LogP contribution in [0.3, 0.4) is 0 Å². The van der Waals surface area contributed by atoms with E-state index in [0.717, 1.165) is 10.8 Å². The minimum atomic E-state index is -3.92. The van der Waals surface area contributed by atoms with Gasteiger partial charge in [-0.2, -0.15) is 0 Å². The van der Waals surface area contributed by atoms with Gasteiger partial charge in [0.25, 0.3) is 0 Å². The molecule has 0 atom stereocenters. The van der Waals surface area contributed by atoms with Crippen molar-refractivity contribution in [2.45, 2.75) is 17.9 Å². The lowest BCUT2D eigenvalue weighted by Crippen LogP contribution is -2.30. The smallest absolute Gasteiger partial charge is 0.245 e. The highest BCUT2D eigenvalue weighted by Gasteiger charge is 2.26. The largest absolute Gasteiger partial charge is 0.392 e. The van der Waals surface area contributed by atoms with Gasteiger partial charge in [0.05, 0.1) is 6.61 Å². The maximum atomic E-state index is 14.2. The molecule has 0 aromatic heterocycles. The van der Waals surface area contributed by atoms with Gasteiger partial charge in [-0.05, 0) is 39.2 Å². The molecule has 0 radical (unpaired) electrons. The van der Waals surface area contributed by atoms with Crippen molar-refractivity contribution in [1.82, 2.24) is 9.21 Å². The molecule has 0 unspecified atom stereocenters. The average Bonchev–Trinajstić information content (AvgIpc) is 2.40. The van der Waals surface area contributed by atoms with Gasteiger partial charge >= 0.3 is 0 Å². The van der Waals surface area contributed by atoms with E-state index in [9.17, 15) is 12.8 Å². The number of hydrogen-bond donors (Lipinski definition) is 1. The summed E-state index contributed by atoms with van der Waals surface area (Å²) < 4.78 is 40.5. The van der Waals surface area contributed by atoms with E-state index in [4.69, 9.17) is 5.11 Å². The van der Waals surface area contributed by atoms with Crippen molar-refractivity contribution < 1.29 is 17.9 Å². The van der Waals surface area contributed by atoms with E-state index in [-0.39, 0.29) is 5.56 Å². The highest BCUT2D eigenvalue weighted by atomic mass is 79.9. The second-order valence-corrected chi connectivity index (χ2v) is 7.95. The molecular formula is C13H20BrFN2O3S. The number of rotatable bonds is 7. The topological polar surface area (TPSA) is 60.9 Å². The predicted molar refractivity (Wildman–Crippen MR) is 83.0 cm³/mol. The second-order valence-electron chi connectivity index (χ2n) is 5.02. The summed E-state index contributed by atoms with van der Waals surface area (Å²) >= 11 is 3.13. The van der Waals surface area contributed by atoms with Gasteiger partial charge in [0.1, 0.15) is 10.7 Å². The summed E-state index contributed by atoms with van der Waals surface area (Å²) in [6, 6.07) is 2.58. The van der Waals surface area contributed by atoms with Crippen LogP contribution in [-0.2, 0) is 16.6 Å². The van der Waals surface area contributed by atoms with Crippen LogP contribution in [0.2, 0.25) is 0 Å². The first-order valence-electron chi connectivity index (χ1n) is 6.40. The Morgan fingerprint density at radius 2 is 1.86 bits per heavy atom. The summed E-state index contributed by atoms with van der Waals surface area (Å²) in [6.07, 6.45) is 0.644. The van der Waals surface area contributed by atoms with Gasteiger partial charge in [-0.15, -0.1) is 0 Å². The highest BCUT2D eigenvalue weighted by molar-refractivity contribution is 9.10. The number of sulfonamides is 1. The third kappa shape index (κ3) is 4.72. The number of hydrogen-bond acceptors (Lipinski definition) is 4. The van der Waals surface area contributed by atoms with E-state index in [0.29, 0.717) is 17.4 Å². The Bertz CT molecular complexity index is 593. The number of aliphatic hydroxyl groups excluding tert-OH is 1. The van der Waals surface area contributed by atoms with Crippen molar-refractivity contribution in [2.75, 3.05) is 34.2 Å². The third-order valence-corrected chi connectivity index (χ3v) is 5.33. The van der Waals surface area contributed by atoms with Crippen molar-refractivity contribution in [3.63, 3.8) is 0 Å². The monoisotopic (exact) mass is 382 g/mol. The molecule has 0 bridgehead atoms. The molecule has 0 heterocycles. The van der Waals surface area contributed by atoms with Crippen LogP contribution in [0.5, 0.6) is 0 Å². The lowest BCUT2D eigenvalue weighted by Gasteiger charge is -2.19. The lowest BCUT2D eigenvalue weighted by atomic mass is 10.2. The van der Waals surface area contributed by atoms with Crippen LogP contribution >= 0.6 is 15.9 Å². The molecule has 1 rings (SSSR count). The Balaban J connectivity index is 3.05. The van der Waals surface area contributed by atoms with Gasteiger partial charge in [0.2, 0.25) is 10.0 Å². The van der Waals surface area contributed by atoms with E-state index in [2.05, 4.69) is 15.9 Å². The maximum Gasteiger partial charge on any atom is 0.245 e. The van der Waals surface area contributed by atoms with Gasteiger partial charge in [0.15, 0.2) is 0 Å². The van der Waals surface area contributed by atoms with Crippen LogP contribution in [0.4, 0.5) is 4.39 Å². The first kappa shape index (κ1) is 18.5. The van der Waals surface area contributed by atoms with Crippen LogP contribution in [-0.4, -0.2) is 57.0 Å². The van der Waals surface area contributed by atoms with E-state index >= 15 is 0 Å². The van der Waals surface area contributed by atoms with Gasteiger partial charge in [-0.3, -0.25) is 0 Å². The third-order valence-electron chi connectivity index (χ3n) is 3.02. The van der Waals surface area contributed by atoms with Gasteiger partial charge in [-0.25, -0.2) is 17.1 Å². The zero-order valence-corrected chi connectivity index (χ0v) is 14.7. The fraction of sp³-hybridized carbons (Fsp3) is 0.538. The van der Waals surface area contributed by atoms with Crippen molar-refractivity contribution >= 4 is 26.0 Å². The fourth-order valence-electron chi connectivity index (χ4n) is 1.82. The SMILES string of the molecule is CN(C)CCCN(C)S(=O)(=O)c1cc(Br)cc(CO)c1F. The molecule has 0 amide bonds. The molecule has 0 spiro atoms. The number of aliphatic hydroxyl groups is 1. The summed E-state index contributed by atoms with van der Waals surface area (Å²) in [7, 11) is 1.29. The van der Waals surface area contributed by atoms with Crippen LogP contribution in [0.25, 0.3) is 0 Å². The summed E-state index contributed by atoms with van der Waals surface area (Å²) in [5.74, 6) is -0.903. The molecule has 1 aromatic carbocycles. The predicted octanol–water partition coefficient (Wildman–Crippen LogP) is 1.65. The van der Waals surface area contributed by atoms with E-state index in [1.807, 2.05) is 19.0 Å². The molecule has 8 heteroatoms. The minimum Gasteiger partial charge on any atom is -0.392 e. The standard InChI is InChI=1S/C13H20BrFN2O3S/c1-16(2)5-4-6-17(3)21(19,20)12-8-11(14)7-10(9-18)13(12)15/h7-8,18H,4-6,9H2,1-3H3. The normalized spacial score (nSPS) is 12.4.